The van der Waals surface area contributed by atoms with E-state index in [1.54, 1.807) is 18.4 Å². The van der Waals surface area contributed by atoms with Crippen molar-refractivity contribution in [2.45, 2.75) is 31.7 Å². The van der Waals surface area contributed by atoms with E-state index in [1.165, 1.54) is 30.4 Å². The lowest BCUT2D eigenvalue weighted by Crippen LogP contribution is -2.09. The van der Waals surface area contributed by atoms with Gasteiger partial charge in [0.2, 0.25) is 0 Å². The van der Waals surface area contributed by atoms with Crippen LogP contribution in [-0.4, -0.2) is 17.6 Å². The monoisotopic (exact) mass is 340 g/mol. The van der Waals surface area contributed by atoms with Crippen LogP contribution in [0.4, 0.5) is 5.69 Å². The van der Waals surface area contributed by atoms with Crippen LogP contribution in [0.1, 0.15) is 41.4 Å². The van der Waals surface area contributed by atoms with Crippen molar-refractivity contribution < 1.29 is 9.53 Å². The Hall–Kier alpha value is -2.27. The van der Waals surface area contributed by atoms with Crippen molar-refractivity contribution >= 4 is 33.0 Å². The Morgan fingerprint density at radius 3 is 2.62 bits per heavy atom. The lowest BCUT2D eigenvalue weighted by Gasteiger charge is -2.10. The van der Waals surface area contributed by atoms with E-state index in [0.717, 1.165) is 21.7 Å². The van der Waals surface area contributed by atoms with Crippen LogP contribution in [0.3, 0.4) is 0 Å². The molecule has 1 N–H and O–H groups in total. The van der Waals surface area contributed by atoms with Gasteiger partial charge in [-0.3, -0.25) is 4.79 Å². The van der Waals surface area contributed by atoms with Crippen LogP contribution in [0.5, 0.6) is 5.75 Å². The van der Waals surface area contributed by atoms with Gasteiger partial charge in [0, 0.05) is 29.5 Å². The van der Waals surface area contributed by atoms with Crippen molar-refractivity contribution in [2.75, 3.05) is 12.4 Å². The second-order valence-electron chi connectivity index (χ2n) is 6.26. The van der Waals surface area contributed by atoms with Crippen molar-refractivity contribution in [1.82, 2.24) is 4.57 Å². The lowest BCUT2D eigenvalue weighted by molar-refractivity contribution is 0.103. The van der Waals surface area contributed by atoms with Gasteiger partial charge in [0.05, 0.1) is 16.7 Å². The number of methoxy groups -OCH3 is 1. The molecule has 0 saturated heterocycles. The van der Waals surface area contributed by atoms with E-state index in [1.807, 2.05) is 30.3 Å². The molecule has 0 atom stereocenters. The number of thiophene rings is 1. The maximum absolute atomic E-state index is 12.4. The largest absolute Gasteiger partial charge is 0.497 e. The van der Waals surface area contributed by atoms with Gasteiger partial charge in [-0.2, -0.15) is 0 Å². The zero-order valence-electron chi connectivity index (χ0n) is 13.6. The number of hydrogen-bond acceptors (Lipinski definition) is 3. The smallest absolute Gasteiger partial charge is 0.265 e. The van der Waals surface area contributed by atoms with Crippen LogP contribution in [0.25, 0.3) is 10.1 Å². The van der Waals surface area contributed by atoms with E-state index in [4.69, 9.17) is 4.74 Å². The molecule has 5 heteroatoms. The summed E-state index contributed by atoms with van der Waals surface area (Å²) in [5, 5.41) is 4.10. The number of rotatable bonds is 4. The van der Waals surface area contributed by atoms with Crippen molar-refractivity contribution in [3.8, 4) is 5.75 Å². The van der Waals surface area contributed by atoms with Crippen LogP contribution < -0.4 is 10.1 Å². The summed E-state index contributed by atoms with van der Waals surface area (Å²) in [6.45, 7) is 0. The summed E-state index contributed by atoms with van der Waals surface area (Å²) in [4.78, 5) is 13.2. The van der Waals surface area contributed by atoms with Gasteiger partial charge in [0.15, 0.2) is 0 Å². The minimum absolute atomic E-state index is 0.0613. The molecule has 0 unspecified atom stereocenters. The summed E-state index contributed by atoms with van der Waals surface area (Å²) in [7, 11) is 1.63. The normalized spacial score (nSPS) is 15.0. The fourth-order valence-electron chi connectivity index (χ4n) is 3.35. The maximum atomic E-state index is 12.4. The summed E-state index contributed by atoms with van der Waals surface area (Å²) >= 11 is 1.55. The first-order valence-corrected chi connectivity index (χ1v) is 9.11. The van der Waals surface area contributed by atoms with Crippen molar-refractivity contribution in [2.24, 2.45) is 0 Å². The Balaban J connectivity index is 1.50. The number of hydrogen-bond donors (Lipinski definition) is 1. The Labute approximate surface area is 145 Å². The van der Waals surface area contributed by atoms with Gasteiger partial charge in [-0.15, -0.1) is 11.3 Å². The second kappa shape index (κ2) is 6.32. The number of anilines is 1. The molecule has 1 aromatic carbocycles. The number of nitrogens with zero attached hydrogens (tertiary/aromatic N) is 1. The molecule has 1 amide bonds. The number of benzene rings is 1. The molecular weight excluding hydrogens is 320 g/mol. The molecule has 4 rings (SSSR count). The van der Waals surface area contributed by atoms with E-state index in [9.17, 15) is 4.79 Å². The van der Waals surface area contributed by atoms with Gasteiger partial charge in [0.1, 0.15) is 5.75 Å². The van der Waals surface area contributed by atoms with Gasteiger partial charge < -0.3 is 14.6 Å². The fraction of sp³-hybridized carbons (Fsp3) is 0.316. The van der Waals surface area contributed by atoms with Crippen molar-refractivity contribution in [1.29, 1.82) is 0 Å². The summed E-state index contributed by atoms with van der Waals surface area (Å²) < 4.78 is 8.64. The minimum atomic E-state index is -0.0613. The van der Waals surface area contributed by atoms with Gasteiger partial charge in [-0.25, -0.2) is 0 Å². The number of aromatic nitrogens is 1. The molecule has 1 aliphatic rings. The molecule has 1 fully saturated rings. The van der Waals surface area contributed by atoms with Crippen LogP contribution in [0.15, 0.2) is 42.7 Å². The third-order valence-corrected chi connectivity index (χ3v) is 5.75. The highest BCUT2D eigenvalue weighted by atomic mass is 32.1. The van der Waals surface area contributed by atoms with E-state index in [2.05, 4.69) is 22.3 Å². The Morgan fingerprint density at radius 1 is 1.21 bits per heavy atom. The quantitative estimate of drug-likeness (QED) is 0.720. The van der Waals surface area contributed by atoms with Gasteiger partial charge in [-0.05, 0) is 43.2 Å². The maximum Gasteiger partial charge on any atom is 0.265 e. The molecule has 3 aromatic rings. The first-order valence-electron chi connectivity index (χ1n) is 8.29. The van der Waals surface area contributed by atoms with E-state index >= 15 is 0 Å². The number of carbonyl (C=O) groups is 1. The highest BCUT2D eigenvalue weighted by molar-refractivity contribution is 7.20. The molecule has 0 spiro atoms. The third kappa shape index (κ3) is 2.91. The second-order valence-corrected chi connectivity index (χ2v) is 7.34. The van der Waals surface area contributed by atoms with Crippen molar-refractivity contribution in [3.05, 3.63) is 47.6 Å². The summed E-state index contributed by atoms with van der Waals surface area (Å²) in [5.41, 5.74) is 0.773. The number of ether oxygens (including phenoxy) is 1. The number of fused-ring (bicyclic) bond motifs is 1. The lowest BCUT2D eigenvalue weighted by atomic mass is 10.2. The molecule has 24 heavy (non-hydrogen) atoms. The SMILES string of the molecule is COc1ccc(NC(=O)c2cc3cn(C4CCCC4)cc3s2)cc1. The van der Waals surface area contributed by atoms with Crippen LogP contribution in [0, 0.1) is 0 Å². The molecule has 4 nitrogen and oxygen atoms in total. The van der Waals surface area contributed by atoms with Gasteiger partial charge >= 0.3 is 0 Å². The van der Waals surface area contributed by atoms with Gasteiger partial charge in [-0.1, -0.05) is 12.8 Å². The molecular formula is C19H20N2O2S. The van der Waals surface area contributed by atoms with Crippen LogP contribution in [0.2, 0.25) is 0 Å². The number of nitrogens with one attached hydrogen (secondary N) is 1. The first kappa shape index (κ1) is 15.3. The molecule has 1 saturated carbocycles. The fourth-order valence-corrected chi connectivity index (χ4v) is 4.32. The van der Waals surface area contributed by atoms with E-state index in [0.29, 0.717) is 6.04 Å². The summed E-state index contributed by atoms with van der Waals surface area (Å²) in [6, 6.07) is 10.00. The summed E-state index contributed by atoms with van der Waals surface area (Å²) in [6.07, 6.45) is 9.57. The topological polar surface area (TPSA) is 43.3 Å². The van der Waals surface area contributed by atoms with E-state index < -0.39 is 0 Å². The van der Waals surface area contributed by atoms with Crippen LogP contribution in [-0.2, 0) is 0 Å². The molecule has 1 aliphatic carbocycles. The zero-order valence-corrected chi connectivity index (χ0v) is 14.4. The predicted octanol–water partition coefficient (Wildman–Crippen LogP) is 5.08. The number of carbonyl (C=O) groups excluding carboxylic acids is 1. The Kier molecular flexibility index (Phi) is 4.02. The molecule has 2 heterocycles. The minimum Gasteiger partial charge on any atom is -0.497 e. The Bertz CT molecular complexity index is 826. The Morgan fingerprint density at radius 2 is 1.96 bits per heavy atom. The number of amides is 1. The first-order chi connectivity index (χ1) is 11.7. The average Bonchev–Trinajstić information content (AvgIpc) is 3.30. The van der Waals surface area contributed by atoms with Gasteiger partial charge in [0.25, 0.3) is 5.91 Å². The molecule has 0 aliphatic heterocycles. The highest BCUT2D eigenvalue weighted by Crippen LogP contribution is 2.34. The third-order valence-electron chi connectivity index (χ3n) is 4.66. The zero-order chi connectivity index (χ0) is 16.5. The predicted molar refractivity (Wildman–Crippen MR) is 98.3 cm³/mol. The van der Waals surface area contributed by atoms with Crippen LogP contribution >= 0.6 is 11.3 Å². The molecule has 124 valence electrons. The molecule has 0 radical (unpaired) electrons. The van der Waals surface area contributed by atoms with Crippen molar-refractivity contribution in [3.63, 3.8) is 0 Å². The molecule has 2 aromatic heterocycles. The summed E-state index contributed by atoms with van der Waals surface area (Å²) in [5.74, 6) is 0.716. The average molecular weight is 340 g/mol. The highest BCUT2D eigenvalue weighted by Gasteiger charge is 2.18. The standard InChI is InChI=1S/C19H20N2O2S/c1-23-16-8-6-14(7-9-16)20-19(22)17-10-13-11-21(12-18(13)24-17)15-4-2-3-5-15/h6-12,15H,2-5H2,1H3,(H,20,22). The molecule has 0 bridgehead atoms. The van der Waals surface area contributed by atoms with E-state index in [-0.39, 0.29) is 5.91 Å².